The van der Waals surface area contributed by atoms with Crippen molar-refractivity contribution in [2.24, 2.45) is 5.92 Å². The van der Waals surface area contributed by atoms with Crippen LogP contribution in [-0.4, -0.2) is 23.2 Å². The summed E-state index contributed by atoms with van der Waals surface area (Å²) in [5, 5.41) is 6.99. The van der Waals surface area contributed by atoms with E-state index in [1.165, 1.54) is 30.6 Å². The van der Waals surface area contributed by atoms with E-state index in [9.17, 15) is 0 Å². The largest absolute Gasteiger partial charge is 0.371 e. The van der Waals surface area contributed by atoms with E-state index < -0.39 is 0 Å². The van der Waals surface area contributed by atoms with Gasteiger partial charge in [-0.3, -0.25) is 0 Å². The van der Waals surface area contributed by atoms with Gasteiger partial charge in [-0.05, 0) is 67.2 Å². The normalized spacial score (nSPS) is 17.2. The van der Waals surface area contributed by atoms with Crippen molar-refractivity contribution in [3.05, 3.63) is 53.7 Å². The third kappa shape index (κ3) is 4.92. The van der Waals surface area contributed by atoms with Crippen molar-refractivity contribution < 1.29 is 0 Å². The van der Waals surface area contributed by atoms with Crippen LogP contribution in [0.2, 0.25) is 0 Å². The fourth-order valence-corrected chi connectivity index (χ4v) is 3.37. The van der Waals surface area contributed by atoms with Crippen LogP contribution in [0, 0.1) is 12.8 Å². The first kappa shape index (κ1) is 17.7. The molecule has 0 bridgehead atoms. The molecule has 0 unspecified atom stereocenters. The number of benzene rings is 1. The first-order valence-corrected chi connectivity index (χ1v) is 9.33. The number of aryl methyl sites for hydroxylation is 1. The average Bonchev–Trinajstić information content (AvgIpc) is 2.62. The smallest absolute Gasteiger partial charge is 0.172 e. The van der Waals surface area contributed by atoms with Crippen LogP contribution in [0.25, 0.3) is 0 Å². The fraction of sp³-hybridized carbons (Fsp3) is 0.400. The summed E-state index contributed by atoms with van der Waals surface area (Å²) in [5.41, 5.74) is 3.61. The molecule has 1 aromatic heterocycles. The van der Waals surface area contributed by atoms with Crippen molar-refractivity contribution in [2.45, 2.75) is 33.2 Å². The van der Waals surface area contributed by atoms with Crippen LogP contribution in [0.15, 0.2) is 42.6 Å². The number of nitrogens with one attached hydrogen (secondary N) is 2. The third-order valence-corrected chi connectivity index (χ3v) is 4.90. The first-order chi connectivity index (χ1) is 12.1. The van der Waals surface area contributed by atoms with Gasteiger partial charge in [0.2, 0.25) is 0 Å². The van der Waals surface area contributed by atoms with Crippen molar-refractivity contribution in [1.82, 2.24) is 10.3 Å². The minimum atomic E-state index is 0.593. The minimum absolute atomic E-state index is 0.593. The summed E-state index contributed by atoms with van der Waals surface area (Å²) in [4.78, 5) is 6.79. The van der Waals surface area contributed by atoms with Gasteiger partial charge in [0.05, 0.1) is 0 Å². The number of hydrogen-bond donors (Lipinski definition) is 2. The van der Waals surface area contributed by atoms with Crippen molar-refractivity contribution in [2.75, 3.05) is 23.3 Å². The van der Waals surface area contributed by atoms with E-state index in [1.54, 1.807) is 6.20 Å². The number of hydrogen-bond acceptors (Lipinski definition) is 3. The molecule has 0 radical (unpaired) electrons. The van der Waals surface area contributed by atoms with Crippen molar-refractivity contribution in [1.29, 1.82) is 0 Å². The van der Waals surface area contributed by atoms with Gasteiger partial charge in [-0.1, -0.05) is 25.1 Å². The van der Waals surface area contributed by atoms with Crippen LogP contribution in [0.5, 0.6) is 0 Å². The lowest BCUT2D eigenvalue weighted by Crippen LogP contribution is -2.34. The molecule has 1 aliphatic rings. The zero-order valence-electron chi connectivity index (χ0n) is 15.0. The molecule has 132 valence electrons. The molecule has 2 N–H and O–H groups in total. The molecule has 25 heavy (non-hydrogen) atoms. The van der Waals surface area contributed by atoms with E-state index in [0.29, 0.717) is 11.7 Å². The van der Waals surface area contributed by atoms with E-state index in [4.69, 9.17) is 12.2 Å². The summed E-state index contributed by atoms with van der Waals surface area (Å²) >= 11 is 5.37. The number of piperidine rings is 1. The molecule has 2 heterocycles. The highest BCUT2D eigenvalue weighted by molar-refractivity contribution is 7.80. The predicted molar refractivity (Wildman–Crippen MR) is 109 cm³/mol. The SMILES string of the molecule is Cc1cccnc1NC(=S)NCc1ccc(N2CCC[C@@H](C)C2)cc1. The van der Waals surface area contributed by atoms with E-state index in [-0.39, 0.29) is 0 Å². The predicted octanol–water partition coefficient (Wildman–Crippen LogP) is 4.11. The van der Waals surface area contributed by atoms with Gasteiger partial charge in [-0.15, -0.1) is 0 Å². The Kier molecular flexibility index (Phi) is 5.87. The second kappa shape index (κ2) is 8.30. The zero-order chi connectivity index (χ0) is 17.6. The highest BCUT2D eigenvalue weighted by Gasteiger charge is 2.16. The van der Waals surface area contributed by atoms with Gasteiger partial charge in [0.15, 0.2) is 5.11 Å². The fourth-order valence-electron chi connectivity index (χ4n) is 3.20. The lowest BCUT2D eigenvalue weighted by Gasteiger charge is -2.32. The third-order valence-electron chi connectivity index (χ3n) is 4.65. The van der Waals surface area contributed by atoms with Gasteiger partial charge in [0.25, 0.3) is 0 Å². The molecule has 0 spiro atoms. The van der Waals surface area contributed by atoms with Crippen molar-refractivity contribution >= 4 is 28.8 Å². The molecule has 0 saturated carbocycles. The molecular weight excluding hydrogens is 328 g/mol. The molecule has 1 saturated heterocycles. The number of nitrogens with zero attached hydrogens (tertiary/aromatic N) is 2. The van der Waals surface area contributed by atoms with E-state index in [2.05, 4.69) is 51.7 Å². The molecule has 5 heteroatoms. The molecule has 3 rings (SSSR count). The number of rotatable bonds is 4. The second-order valence-electron chi connectivity index (χ2n) is 6.84. The molecule has 0 aliphatic carbocycles. The number of aromatic nitrogens is 1. The molecular formula is C20H26N4S. The Balaban J connectivity index is 1.51. The summed E-state index contributed by atoms with van der Waals surface area (Å²) in [5.74, 6) is 1.59. The van der Waals surface area contributed by atoms with E-state index >= 15 is 0 Å². The van der Waals surface area contributed by atoms with Crippen LogP contribution in [0.3, 0.4) is 0 Å². The highest BCUT2D eigenvalue weighted by Crippen LogP contribution is 2.23. The molecule has 1 fully saturated rings. The Morgan fingerprint density at radius 1 is 1.28 bits per heavy atom. The van der Waals surface area contributed by atoms with Gasteiger partial charge in [0.1, 0.15) is 5.82 Å². The lowest BCUT2D eigenvalue weighted by atomic mass is 9.99. The lowest BCUT2D eigenvalue weighted by molar-refractivity contribution is 0.447. The van der Waals surface area contributed by atoms with Crippen LogP contribution in [-0.2, 0) is 6.54 Å². The summed E-state index contributed by atoms with van der Waals surface area (Å²) in [6, 6.07) is 12.7. The molecule has 1 aliphatic heterocycles. The summed E-state index contributed by atoms with van der Waals surface area (Å²) in [7, 11) is 0. The monoisotopic (exact) mass is 354 g/mol. The van der Waals surface area contributed by atoms with Gasteiger partial charge in [-0.2, -0.15) is 0 Å². The Morgan fingerprint density at radius 2 is 2.08 bits per heavy atom. The molecule has 1 aromatic carbocycles. The van der Waals surface area contributed by atoms with Crippen molar-refractivity contribution in [3.8, 4) is 0 Å². The second-order valence-corrected chi connectivity index (χ2v) is 7.24. The topological polar surface area (TPSA) is 40.2 Å². The number of pyridine rings is 1. The zero-order valence-corrected chi connectivity index (χ0v) is 15.8. The summed E-state index contributed by atoms with van der Waals surface area (Å²) in [6.07, 6.45) is 4.40. The molecule has 1 atom stereocenters. The maximum atomic E-state index is 5.37. The number of anilines is 2. The molecule has 4 nitrogen and oxygen atoms in total. The highest BCUT2D eigenvalue weighted by atomic mass is 32.1. The minimum Gasteiger partial charge on any atom is -0.371 e. The Hall–Kier alpha value is -2.14. The van der Waals surface area contributed by atoms with Gasteiger partial charge in [-0.25, -0.2) is 4.98 Å². The maximum absolute atomic E-state index is 5.37. The Labute approximate surface area is 155 Å². The van der Waals surface area contributed by atoms with Gasteiger partial charge in [0, 0.05) is 31.5 Å². The summed E-state index contributed by atoms with van der Waals surface area (Å²) < 4.78 is 0. The van der Waals surface area contributed by atoms with Crippen LogP contribution in [0.4, 0.5) is 11.5 Å². The average molecular weight is 355 g/mol. The molecule has 2 aromatic rings. The number of thiocarbonyl (C=S) groups is 1. The maximum Gasteiger partial charge on any atom is 0.172 e. The van der Waals surface area contributed by atoms with Gasteiger partial charge < -0.3 is 15.5 Å². The Morgan fingerprint density at radius 3 is 2.80 bits per heavy atom. The summed E-state index contributed by atoms with van der Waals surface area (Å²) in [6.45, 7) is 7.38. The standard InChI is InChI=1S/C20H26N4S/c1-15-5-4-12-24(14-15)18-9-7-17(8-10-18)13-22-20(25)23-19-16(2)6-3-11-21-19/h3,6-11,15H,4-5,12-14H2,1-2H3,(H2,21,22,23,25)/t15-/m1/s1. The van der Waals surface area contributed by atoms with Crippen LogP contribution in [0.1, 0.15) is 30.9 Å². The van der Waals surface area contributed by atoms with Crippen LogP contribution >= 0.6 is 12.2 Å². The van der Waals surface area contributed by atoms with E-state index in [1.807, 2.05) is 19.1 Å². The van der Waals surface area contributed by atoms with Crippen molar-refractivity contribution in [3.63, 3.8) is 0 Å². The van der Waals surface area contributed by atoms with Gasteiger partial charge >= 0.3 is 0 Å². The molecule has 0 amide bonds. The quantitative estimate of drug-likeness (QED) is 0.809. The Bertz CT molecular complexity index is 714. The van der Waals surface area contributed by atoms with E-state index in [0.717, 1.165) is 23.8 Å². The first-order valence-electron chi connectivity index (χ1n) is 8.92. The van der Waals surface area contributed by atoms with Crippen LogP contribution < -0.4 is 15.5 Å².